The zero-order valence-electron chi connectivity index (χ0n) is 19.9. The third-order valence-corrected chi connectivity index (χ3v) is 7.66. The van der Waals surface area contributed by atoms with E-state index < -0.39 is 60.8 Å². The minimum atomic E-state index is -4.72. The van der Waals surface area contributed by atoms with Gasteiger partial charge in [-0.1, -0.05) is 0 Å². The molecule has 1 unspecified atom stereocenters. The first-order valence-corrected chi connectivity index (χ1v) is 13.1. The van der Waals surface area contributed by atoms with Gasteiger partial charge in [-0.3, -0.25) is 9.59 Å². The van der Waals surface area contributed by atoms with Crippen molar-refractivity contribution < 1.29 is 70.4 Å². The number of carbonyl (C=O) groups is 2. The largest absolute Gasteiger partial charge is 1.00 e. The molecule has 1 heterocycles. The van der Waals surface area contributed by atoms with E-state index in [1.807, 2.05) is 0 Å². The first-order valence-electron chi connectivity index (χ1n) is 10.0. The van der Waals surface area contributed by atoms with Crippen LogP contribution >= 0.6 is 0 Å². The molecular weight excluding hydrogens is 541 g/mol. The first kappa shape index (κ1) is 30.5. The molecule has 37 heavy (non-hydrogen) atoms. The number of aliphatic hydroxyl groups is 1. The summed E-state index contributed by atoms with van der Waals surface area (Å²) in [5, 5.41) is 21.5. The molecule has 1 aliphatic heterocycles. The summed E-state index contributed by atoms with van der Waals surface area (Å²) in [6.45, 7) is 0.920. The molecule has 0 bridgehead atoms. The first-order chi connectivity index (χ1) is 16.8. The van der Waals surface area contributed by atoms with Gasteiger partial charge in [0.05, 0.1) is 34.9 Å². The fourth-order valence-corrected chi connectivity index (χ4v) is 5.02. The van der Waals surface area contributed by atoms with Crippen LogP contribution in [0.3, 0.4) is 0 Å². The number of sulfone groups is 1. The quantitative estimate of drug-likeness (QED) is 0.181. The summed E-state index contributed by atoms with van der Waals surface area (Å²) in [4.78, 5) is 24.2. The molecule has 1 aliphatic rings. The Balaban J connectivity index is 0.00000481. The van der Waals surface area contributed by atoms with Crippen molar-refractivity contribution in [2.75, 3.05) is 24.5 Å². The van der Waals surface area contributed by atoms with Gasteiger partial charge in [0.15, 0.2) is 15.5 Å². The molecule has 192 valence electrons. The number of ether oxygens (including phenoxy) is 1. The molecule has 2 aromatic carbocycles. The molecule has 0 saturated heterocycles. The van der Waals surface area contributed by atoms with E-state index in [0.29, 0.717) is 0 Å². The normalized spacial score (nSPS) is 16.0. The van der Waals surface area contributed by atoms with Gasteiger partial charge in [-0.2, -0.15) is 20.3 Å². The molecule has 1 atom stereocenters. The summed E-state index contributed by atoms with van der Waals surface area (Å²) in [5.41, 5.74) is 5.23. The zero-order chi connectivity index (χ0) is 26.8. The van der Waals surface area contributed by atoms with Crippen LogP contribution in [0.15, 0.2) is 61.5 Å². The van der Waals surface area contributed by atoms with Gasteiger partial charge in [0.25, 0.3) is 11.8 Å². The second-order valence-corrected chi connectivity index (χ2v) is 10.9. The summed E-state index contributed by atoms with van der Waals surface area (Å²) < 4.78 is 63.3. The predicted octanol–water partition coefficient (Wildman–Crippen LogP) is -2.98. The Labute approximate surface area is 234 Å². The van der Waals surface area contributed by atoms with E-state index in [1.165, 1.54) is 26.2 Å². The average molecular weight is 562 g/mol. The van der Waals surface area contributed by atoms with Crippen molar-refractivity contribution in [2.24, 2.45) is 21.1 Å². The van der Waals surface area contributed by atoms with E-state index >= 15 is 0 Å². The minimum Gasteiger partial charge on any atom is -0.744 e. The van der Waals surface area contributed by atoms with Crippen LogP contribution < -0.4 is 45.0 Å². The number of azo groups is 1. The fourth-order valence-electron chi connectivity index (χ4n) is 3.25. The maximum Gasteiger partial charge on any atom is 1.00 e. The van der Waals surface area contributed by atoms with Crippen LogP contribution in [-0.2, 0) is 29.5 Å². The van der Waals surface area contributed by atoms with Gasteiger partial charge in [0, 0.05) is 6.07 Å². The van der Waals surface area contributed by atoms with Gasteiger partial charge in [-0.15, -0.1) is 0 Å². The Bertz CT molecular complexity index is 1490. The number of methoxy groups -OCH3 is 1. The smallest absolute Gasteiger partial charge is 0.744 e. The Morgan fingerprint density at radius 3 is 2.35 bits per heavy atom. The molecule has 2 aromatic rings. The Hall–Kier alpha value is -2.73. The molecule has 17 heteroatoms. The number of benzene rings is 2. The Kier molecular flexibility index (Phi) is 9.69. The van der Waals surface area contributed by atoms with Gasteiger partial charge < -0.3 is 20.1 Å². The molecular formula is C20H20N5NaO9S2. The number of aliphatic hydroxyl groups excluding tert-OH is 1. The maximum atomic E-state index is 12.9. The van der Waals surface area contributed by atoms with Crippen molar-refractivity contribution in [3.05, 3.63) is 42.0 Å². The van der Waals surface area contributed by atoms with Gasteiger partial charge in [-0.25, -0.2) is 16.8 Å². The minimum absolute atomic E-state index is 0. The van der Waals surface area contributed by atoms with Crippen molar-refractivity contribution in [2.45, 2.75) is 22.8 Å². The molecule has 3 rings (SSSR count). The summed E-state index contributed by atoms with van der Waals surface area (Å²) in [6.07, 6.45) is 0. The molecule has 0 radical (unpaired) electrons. The number of carbonyl (C=O) groups excluding carboxylic acids is 2. The second kappa shape index (κ2) is 11.8. The van der Waals surface area contributed by atoms with E-state index in [9.17, 15) is 31.0 Å². The third-order valence-electron chi connectivity index (χ3n) is 4.98. The molecule has 2 amide bonds. The van der Waals surface area contributed by atoms with Crippen LogP contribution in [0.1, 0.15) is 5.56 Å². The van der Waals surface area contributed by atoms with Crippen molar-refractivity contribution in [1.82, 2.24) is 0 Å². The summed E-state index contributed by atoms with van der Waals surface area (Å²) in [6, 6.07) is 5.20. The predicted molar refractivity (Wildman–Crippen MR) is 124 cm³/mol. The topological polar surface area (TPSA) is 221 Å². The van der Waals surface area contributed by atoms with E-state index in [-0.39, 0.29) is 57.1 Å². The van der Waals surface area contributed by atoms with Crippen LogP contribution in [0.5, 0.6) is 5.75 Å². The molecule has 0 spiro atoms. The number of aryl methyl sites for hydroxylation is 1. The van der Waals surface area contributed by atoms with E-state index in [1.54, 1.807) is 0 Å². The number of primary amides is 1. The number of hydrogen-bond donors (Lipinski definition) is 2. The van der Waals surface area contributed by atoms with E-state index in [2.05, 4.69) is 15.3 Å². The number of nitrogens with two attached hydrogens (primary N) is 1. The van der Waals surface area contributed by atoms with Gasteiger partial charge in [-0.05, 0) is 42.8 Å². The average Bonchev–Trinajstić information content (AvgIpc) is 3.13. The van der Waals surface area contributed by atoms with Crippen molar-refractivity contribution in [3.63, 3.8) is 0 Å². The molecule has 0 aromatic heterocycles. The molecule has 3 N–H and O–H groups in total. The van der Waals surface area contributed by atoms with Crippen LogP contribution in [0.2, 0.25) is 0 Å². The van der Waals surface area contributed by atoms with Crippen LogP contribution in [0.25, 0.3) is 0 Å². The van der Waals surface area contributed by atoms with E-state index in [4.69, 9.17) is 15.6 Å². The third kappa shape index (κ3) is 6.59. The van der Waals surface area contributed by atoms with Crippen molar-refractivity contribution >= 4 is 48.9 Å². The number of amides is 2. The molecule has 14 nitrogen and oxygen atoms in total. The van der Waals surface area contributed by atoms with Crippen molar-refractivity contribution in [3.8, 4) is 5.75 Å². The van der Waals surface area contributed by atoms with Gasteiger partial charge in [0.1, 0.15) is 21.6 Å². The number of rotatable bonds is 9. The number of nitrogens with zero attached hydrogens (tertiary/aromatic N) is 4. The second-order valence-electron chi connectivity index (χ2n) is 7.40. The Morgan fingerprint density at radius 1 is 1.22 bits per heavy atom. The monoisotopic (exact) mass is 561 g/mol. The fraction of sp³-hybridized carbons (Fsp3) is 0.250. The van der Waals surface area contributed by atoms with Gasteiger partial charge >= 0.3 is 29.6 Å². The maximum absolute atomic E-state index is 12.9. The van der Waals surface area contributed by atoms with E-state index in [0.717, 1.165) is 29.3 Å². The number of anilines is 1. The summed E-state index contributed by atoms with van der Waals surface area (Å²) in [7, 11) is -7.26. The van der Waals surface area contributed by atoms with Crippen LogP contribution in [0, 0.1) is 6.92 Å². The molecule has 0 fully saturated rings. The summed E-state index contributed by atoms with van der Waals surface area (Å²) in [5.74, 6) is -2.41. The van der Waals surface area contributed by atoms with Crippen molar-refractivity contribution in [1.29, 1.82) is 0 Å². The SMILES string of the molecule is COc1cc(S(=O)(=O)CCO)c(C)cc1N=NC1C(=O)N(c2ccc(S(=O)(=O)[O-])cc2)N=C1C(N)=O.[Na+]. The summed E-state index contributed by atoms with van der Waals surface area (Å²) >= 11 is 0. The Morgan fingerprint density at radius 2 is 1.84 bits per heavy atom. The van der Waals surface area contributed by atoms with Crippen LogP contribution in [-0.4, -0.2) is 69.5 Å². The number of hydrazone groups is 1. The molecule has 0 aliphatic carbocycles. The zero-order valence-corrected chi connectivity index (χ0v) is 23.5. The van der Waals surface area contributed by atoms with Crippen LogP contribution in [0.4, 0.5) is 11.4 Å². The number of hydrogen-bond acceptors (Lipinski definition) is 12. The molecule has 0 saturated carbocycles. The van der Waals surface area contributed by atoms with Gasteiger partial charge in [0.2, 0.25) is 6.04 Å². The standard InChI is InChI=1S/C20H21N5O9S2.Na/c1-11-9-14(15(34-2)10-16(11)35(29,30)8-7-26)22-23-18-17(19(21)27)24-25(20(18)28)12-3-5-13(6-4-12)36(31,32)33;/h3-6,9-10,18,26H,7-8H2,1-2H3,(H2,21,27)(H,31,32,33);/q;+1/p-1.